The number of imidazole rings is 1. The van der Waals surface area contributed by atoms with Crippen LogP contribution in [0.5, 0.6) is 0 Å². The van der Waals surface area contributed by atoms with Gasteiger partial charge in [0.05, 0.1) is 23.1 Å². The van der Waals surface area contributed by atoms with E-state index in [9.17, 15) is 18.4 Å². The van der Waals surface area contributed by atoms with Crippen LogP contribution in [0.4, 0.5) is 25.0 Å². The van der Waals surface area contributed by atoms with E-state index < -0.39 is 17.7 Å². The molecule has 5 rings (SSSR count). The first kappa shape index (κ1) is 19.7. The summed E-state index contributed by atoms with van der Waals surface area (Å²) >= 11 is 0. The molecular weight excluding hydrogens is 418 g/mol. The van der Waals surface area contributed by atoms with Gasteiger partial charge < -0.3 is 15.0 Å². The van der Waals surface area contributed by atoms with Crippen LogP contribution in [0.1, 0.15) is 10.4 Å². The molecule has 0 bridgehead atoms. The number of nitrogens with zero attached hydrogens (tertiary/aromatic N) is 2. The number of aromatic amines is 1. The first-order valence-corrected chi connectivity index (χ1v) is 9.79. The molecule has 1 aromatic heterocycles. The number of amides is 2. The molecule has 0 saturated carbocycles. The number of nitrogens with one attached hydrogen (secondary N) is 2. The van der Waals surface area contributed by atoms with Crippen molar-refractivity contribution in [3.05, 3.63) is 77.9 Å². The first-order chi connectivity index (χ1) is 15.5. The standard InChI is InChI=1S/C23H16F2N4O3/c24-14-3-7-18(25)17(11-14)21-27-19-8-4-15(12-20(19)28-21)26-22(30)13-1-5-16(6-2-13)29-9-10-32-23(29)31/h1-8,11-12H,9-10H2,(H,26,30)(H,27,28). The SMILES string of the molecule is O=C(Nc1ccc2nc(-c3cc(F)ccc3F)[nH]c2c1)c1ccc(N2CCOC2=O)cc1. The number of ether oxygens (including phenoxy) is 1. The summed E-state index contributed by atoms with van der Waals surface area (Å²) in [6.45, 7) is 0.806. The van der Waals surface area contributed by atoms with Crippen LogP contribution in [0.3, 0.4) is 0 Å². The zero-order chi connectivity index (χ0) is 22.2. The molecule has 0 aliphatic carbocycles. The molecule has 1 aliphatic heterocycles. The second kappa shape index (κ2) is 7.77. The molecule has 2 N–H and O–H groups in total. The van der Waals surface area contributed by atoms with E-state index in [0.717, 1.165) is 18.2 Å². The number of anilines is 2. The van der Waals surface area contributed by atoms with Crippen LogP contribution in [0, 0.1) is 11.6 Å². The van der Waals surface area contributed by atoms with Gasteiger partial charge in [0.25, 0.3) is 5.91 Å². The van der Waals surface area contributed by atoms with Crippen LogP contribution in [-0.2, 0) is 4.74 Å². The van der Waals surface area contributed by atoms with Gasteiger partial charge >= 0.3 is 6.09 Å². The van der Waals surface area contributed by atoms with Crippen LogP contribution in [0.15, 0.2) is 60.7 Å². The largest absolute Gasteiger partial charge is 0.447 e. The number of aromatic nitrogens is 2. The Morgan fingerprint density at radius 2 is 1.88 bits per heavy atom. The Balaban J connectivity index is 1.35. The molecule has 0 unspecified atom stereocenters. The molecule has 4 aromatic rings. The van der Waals surface area contributed by atoms with Gasteiger partial charge in [-0.05, 0) is 60.7 Å². The number of hydrogen-bond acceptors (Lipinski definition) is 4. The Hall–Kier alpha value is -4.27. The molecular formula is C23H16F2N4O3. The zero-order valence-electron chi connectivity index (χ0n) is 16.6. The number of H-pyrrole nitrogens is 1. The molecule has 160 valence electrons. The Bertz CT molecular complexity index is 1350. The summed E-state index contributed by atoms with van der Waals surface area (Å²) in [5, 5.41) is 2.79. The second-order valence-corrected chi connectivity index (χ2v) is 7.21. The normalized spacial score (nSPS) is 13.4. The van der Waals surface area contributed by atoms with E-state index in [-0.39, 0.29) is 17.3 Å². The minimum Gasteiger partial charge on any atom is -0.447 e. The minimum absolute atomic E-state index is 0.0220. The third-order valence-electron chi connectivity index (χ3n) is 5.13. The number of hydrogen-bond donors (Lipinski definition) is 2. The molecule has 0 atom stereocenters. The molecule has 1 saturated heterocycles. The molecule has 2 amide bonds. The molecule has 9 heteroatoms. The third-order valence-corrected chi connectivity index (χ3v) is 5.13. The highest BCUT2D eigenvalue weighted by Gasteiger charge is 2.23. The molecule has 1 fully saturated rings. The van der Waals surface area contributed by atoms with Crippen LogP contribution in [0.2, 0.25) is 0 Å². The lowest BCUT2D eigenvalue weighted by molar-refractivity contribution is 0.102. The van der Waals surface area contributed by atoms with Crippen LogP contribution in [-0.4, -0.2) is 35.1 Å². The summed E-state index contributed by atoms with van der Waals surface area (Å²) in [5.41, 5.74) is 2.69. The van der Waals surface area contributed by atoms with Crippen molar-refractivity contribution < 1.29 is 23.1 Å². The average Bonchev–Trinajstić information content (AvgIpc) is 3.41. The summed E-state index contributed by atoms with van der Waals surface area (Å²) in [5.74, 6) is -1.31. The maximum Gasteiger partial charge on any atom is 0.414 e. The van der Waals surface area contributed by atoms with E-state index in [1.165, 1.54) is 4.90 Å². The number of benzene rings is 3. The van der Waals surface area contributed by atoms with Crippen LogP contribution < -0.4 is 10.2 Å². The van der Waals surface area contributed by atoms with Crippen molar-refractivity contribution in [2.75, 3.05) is 23.4 Å². The van der Waals surface area contributed by atoms with Gasteiger partial charge in [-0.25, -0.2) is 18.6 Å². The summed E-state index contributed by atoms with van der Waals surface area (Å²) < 4.78 is 32.5. The Labute approximate surface area is 180 Å². The van der Waals surface area contributed by atoms with Gasteiger partial charge in [0.15, 0.2) is 0 Å². The Morgan fingerprint density at radius 1 is 1.06 bits per heavy atom. The lowest BCUT2D eigenvalue weighted by Gasteiger charge is -2.13. The van der Waals surface area contributed by atoms with Gasteiger partial charge in [-0.3, -0.25) is 9.69 Å². The second-order valence-electron chi connectivity index (χ2n) is 7.21. The van der Waals surface area contributed by atoms with Gasteiger partial charge in [0.1, 0.15) is 24.1 Å². The van der Waals surface area contributed by atoms with E-state index in [1.807, 2.05) is 0 Å². The van der Waals surface area contributed by atoms with Crippen molar-refractivity contribution in [1.29, 1.82) is 0 Å². The lowest BCUT2D eigenvalue weighted by atomic mass is 10.1. The van der Waals surface area contributed by atoms with Gasteiger partial charge in [0, 0.05) is 16.9 Å². The highest BCUT2D eigenvalue weighted by molar-refractivity contribution is 6.05. The summed E-state index contributed by atoms with van der Waals surface area (Å²) in [6, 6.07) is 14.8. The summed E-state index contributed by atoms with van der Waals surface area (Å²) in [4.78, 5) is 33.0. The van der Waals surface area contributed by atoms with E-state index in [1.54, 1.807) is 42.5 Å². The number of fused-ring (bicyclic) bond motifs is 1. The Morgan fingerprint density at radius 3 is 2.62 bits per heavy atom. The summed E-state index contributed by atoms with van der Waals surface area (Å²) in [7, 11) is 0. The average molecular weight is 434 g/mol. The van der Waals surface area contributed by atoms with Crippen molar-refractivity contribution in [3.63, 3.8) is 0 Å². The maximum absolute atomic E-state index is 14.1. The van der Waals surface area contributed by atoms with Crippen molar-refractivity contribution in [3.8, 4) is 11.4 Å². The number of carbonyl (C=O) groups is 2. The fraction of sp³-hybridized carbons (Fsp3) is 0.0870. The fourth-order valence-corrected chi connectivity index (χ4v) is 3.52. The highest BCUT2D eigenvalue weighted by atomic mass is 19.1. The van der Waals surface area contributed by atoms with Crippen LogP contribution >= 0.6 is 0 Å². The number of rotatable bonds is 4. The van der Waals surface area contributed by atoms with Gasteiger partial charge in [0.2, 0.25) is 0 Å². The molecule has 32 heavy (non-hydrogen) atoms. The van der Waals surface area contributed by atoms with Crippen molar-refractivity contribution in [1.82, 2.24) is 9.97 Å². The van der Waals surface area contributed by atoms with Crippen molar-refractivity contribution >= 4 is 34.4 Å². The minimum atomic E-state index is -0.593. The quantitative estimate of drug-likeness (QED) is 0.487. The number of halogens is 2. The van der Waals surface area contributed by atoms with Gasteiger partial charge in [-0.15, -0.1) is 0 Å². The van der Waals surface area contributed by atoms with Crippen molar-refractivity contribution in [2.24, 2.45) is 0 Å². The maximum atomic E-state index is 14.1. The monoisotopic (exact) mass is 434 g/mol. The lowest BCUT2D eigenvalue weighted by Crippen LogP contribution is -2.23. The number of cyclic esters (lactones) is 1. The van der Waals surface area contributed by atoms with Crippen molar-refractivity contribution in [2.45, 2.75) is 0 Å². The summed E-state index contributed by atoms with van der Waals surface area (Å²) in [6.07, 6.45) is -0.410. The highest BCUT2D eigenvalue weighted by Crippen LogP contribution is 2.26. The van der Waals surface area contributed by atoms with Gasteiger partial charge in [-0.2, -0.15) is 0 Å². The first-order valence-electron chi connectivity index (χ1n) is 9.79. The molecule has 2 heterocycles. The smallest absolute Gasteiger partial charge is 0.414 e. The van der Waals surface area contributed by atoms with E-state index in [4.69, 9.17) is 4.74 Å². The molecule has 0 spiro atoms. The number of carbonyl (C=O) groups excluding carboxylic acids is 2. The Kier molecular flexibility index (Phi) is 4.78. The molecule has 1 aliphatic rings. The van der Waals surface area contributed by atoms with Gasteiger partial charge in [-0.1, -0.05) is 0 Å². The molecule has 0 radical (unpaired) electrons. The predicted octanol–water partition coefficient (Wildman–Crippen LogP) is 4.72. The third kappa shape index (κ3) is 3.64. The van der Waals surface area contributed by atoms with E-state index in [0.29, 0.717) is 41.1 Å². The zero-order valence-corrected chi connectivity index (χ0v) is 16.6. The molecule has 3 aromatic carbocycles. The topological polar surface area (TPSA) is 87.3 Å². The van der Waals surface area contributed by atoms with Crippen LogP contribution in [0.25, 0.3) is 22.4 Å². The van der Waals surface area contributed by atoms with E-state index >= 15 is 0 Å². The van der Waals surface area contributed by atoms with E-state index in [2.05, 4.69) is 15.3 Å². The predicted molar refractivity (Wildman–Crippen MR) is 115 cm³/mol. The fourth-order valence-electron chi connectivity index (χ4n) is 3.52. The molecule has 7 nitrogen and oxygen atoms in total.